The van der Waals surface area contributed by atoms with Gasteiger partial charge in [-0.2, -0.15) is 0 Å². The summed E-state index contributed by atoms with van der Waals surface area (Å²) in [6.07, 6.45) is 1.80. The van der Waals surface area contributed by atoms with Gasteiger partial charge >= 0.3 is 0 Å². The van der Waals surface area contributed by atoms with Crippen LogP contribution < -0.4 is 5.32 Å². The molecule has 0 atom stereocenters. The Morgan fingerprint density at radius 3 is 2.50 bits per heavy atom. The molecule has 0 aliphatic heterocycles. The number of hydrogen-bond acceptors (Lipinski definition) is 3. The normalized spacial score (nSPS) is 11.4. The first-order chi connectivity index (χ1) is 7.38. The van der Waals surface area contributed by atoms with E-state index in [9.17, 15) is 8.42 Å². The van der Waals surface area contributed by atoms with Crippen LogP contribution in [0.4, 0.5) is 5.69 Å². The maximum Gasteiger partial charge on any atom is 0.147 e. The molecule has 0 fully saturated rings. The summed E-state index contributed by atoms with van der Waals surface area (Å²) in [5.41, 5.74) is 0.836. The molecule has 0 radical (unpaired) electrons. The molecule has 0 aliphatic rings. The van der Waals surface area contributed by atoms with Crippen LogP contribution in [0.2, 0.25) is 10.0 Å². The fraction of sp³-hybridized carbons (Fsp3) is 0.400. The summed E-state index contributed by atoms with van der Waals surface area (Å²) >= 11 is 11.6. The predicted molar refractivity (Wildman–Crippen MR) is 69.3 cm³/mol. The fourth-order valence-electron chi connectivity index (χ4n) is 1.17. The van der Waals surface area contributed by atoms with Gasteiger partial charge < -0.3 is 5.32 Å². The number of hydrogen-bond donors (Lipinski definition) is 1. The Morgan fingerprint density at radius 2 is 1.94 bits per heavy atom. The molecule has 0 amide bonds. The van der Waals surface area contributed by atoms with E-state index < -0.39 is 9.84 Å². The minimum atomic E-state index is -2.88. The molecule has 1 aromatic rings. The van der Waals surface area contributed by atoms with Crippen LogP contribution in [-0.2, 0) is 9.84 Å². The van der Waals surface area contributed by atoms with Gasteiger partial charge in [0, 0.05) is 18.5 Å². The first kappa shape index (κ1) is 13.6. The molecule has 1 rings (SSSR count). The lowest BCUT2D eigenvalue weighted by molar-refractivity contribution is 0.600. The van der Waals surface area contributed by atoms with Gasteiger partial charge in [-0.05, 0) is 24.6 Å². The van der Waals surface area contributed by atoms with E-state index in [0.29, 0.717) is 23.0 Å². The van der Waals surface area contributed by atoms with E-state index in [-0.39, 0.29) is 5.75 Å². The van der Waals surface area contributed by atoms with Crippen molar-refractivity contribution in [3.63, 3.8) is 0 Å². The lowest BCUT2D eigenvalue weighted by Crippen LogP contribution is -2.09. The molecular formula is C10H13Cl2NO2S. The molecule has 16 heavy (non-hydrogen) atoms. The van der Waals surface area contributed by atoms with Gasteiger partial charge in [0.15, 0.2) is 0 Å². The lowest BCUT2D eigenvalue weighted by atomic mass is 10.3. The Balaban J connectivity index is 2.41. The molecule has 0 unspecified atom stereocenters. The van der Waals surface area contributed by atoms with Crippen molar-refractivity contribution in [2.75, 3.05) is 23.9 Å². The Bertz CT molecular complexity index is 460. The van der Waals surface area contributed by atoms with Gasteiger partial charge in [0.2, 0.25) is 0 Å². The quantitative estimate of drug-likeness (QED) is 0.845. The molecule has 1 aromatic carbocycles. The Hall–Kier alpha value is -0.450. The smallest absolute Gasteiger partial charge is 0.147 e. The molecule has 6 heteroatoms. The van der Waals surface area contributed by atoms with Gasteiger partial charge in [0.1, 0.15) is 9.84 Å². The van der Waals surface area contributed by atoms with Crippen molar-refractivity contribution >= 4 is 38.7 Å². The zero-order chi connectivity index (χ0) is 12.2. The van der Waals surface area contributed by atoms with Crippen LogP contribution >= 0.6 is 23.2 Å². The Labute approximate surface area is 106 Å². The summed E-state index contributed by atoms with van der Waals surface area (Å²) in [5.74, 6) is 0.182. The predicted octanol–water partition coefficient (Wildman–Crippen LogP) is 2.84. The largest absolute Gasteiger partial charge is 0.385 e. The van der Waals surface area contributed by atoms with E-state index in [1.807, 2.05) is 0 Å². The average Bonchev–Trinajstić information content (AvgIpc) is 2.17. The zero-order valence-corrected chi connectivity index (χ0v) is 11.2. The number of halogens is 2. The van der Waals surface area contributed by atoms with Crippen molar-refractivity contribution in [1.82, 2.24) is 0 Å². The number of benzene rings is 1. The first-order valence-corrected chi connectivity index (χ1v) is 7.57. The maximum atomic E-state index is 10.9. The molecule has 0 saturated carbocycles. The molecule has 0 saturated heterocycles. The minimum absolute atomic E-state index is 0.182. The Kier molecular flexibility index (Phi) is 4.89. The van der Waals surface area contributed by atoms with Crippen LogP contribution in [0.5, 0.6) is 0 Å². The highest BCUT2D eigenvalue weighted by molar-refractivity contribution is 7.90. The number of sulfone groups is 1. The Morgan fingerprint density at radius 1 is 1.25 bits per heavy atom. The third kappa shape index (κ3) is 5.05. The van der Waals surface area contributed by atoms with Gasteiger partial charge in [0.25, 0.3) is 0 Å². The molecular weight excluding hydrogens is 269 g/mol. The third-order valence-electron chi connectivity index (χ3n) is 1.94. The second-order valence-electron chi connectivity index (χ2n) is 3.54. The lowest BCUT2D eigenvalue weighted by Gasteiger charge is -2.06. The number of rotatable bonds is 5. The molecule has 90 valence electrons. The second-order valence-corrected chi connectivity index (χ2v) is 6.61. The van der Waals surface area contributed by atoms with Crippen LogP contribution in [0, 0.1) is 0 Å². The molecule has 0 heterocycles. The van der Waals surface area contributed by atoms with Crippen LogP contribution in [0.1, 0.15) is 6.42 Å². The highest BCUT2D eigenvalue weighted by Gasteiger charge is 2.02. The summed E-state index contributed by atoms with van der Waals surface area (Å²) in [6, 6.07) is 5.21. The summed E-state index contributed by atoms with van der Waals surface area (Å²) in [5, 5.41) is 4.06. The van der Waals surface area contributed by atoms with E-state index in [1.165, 1.54) is 6.26 Å². The van der Waals surface area contributed by atoms with Crippen molar-refractivity contribution in [2.24, 2.45) is 0 Å². The summed E-state index contributed by atoms with van der Waals surface area (Å²) in [7, 11) is -2.88. The van der Waals surface area contributed by atoms with Crippen LogP contribution in [-0.4, -0.2) is 27.0 Å². The van der Waals surface area contributed by atoms with E-state index in [0.717, 1.165) is 5.69 Å². The van der Waals surface area contributed by atoms with E-state index in [4.69, 9.17) is 23.2 Å². The number of anilines is 1. The highest BCUT2D eigenvalue weighted by atomic mass is 35.5. The highest BCUT2D eigenvalue weighted by Crippen LogP contribution is 2.24. The molecule has 0 aliphatic carbocycles. The number of nitrogens with one attached hydrogen (secondary N) is 1. The fourth-order valence-corrected chi connectivity index (χ4v) is 2.14. The minimum Gasteiger partial charge on any atom is -0.385 e. The third-order valence-corrected chi connectivity index (χ3v) is 3.71. The standard InChI is InChI=1S/C10H13Cl2NO2S/c1-16(14,15)6-2-5-13-8-3-4-9(11)10(12)7-8/h3-4,7,13H,2,5-6H2,1H3. The van der Waals surface area contributed by atoms with Gasteiger partial charge in [-0.25, -0.2) is 8.42 Å². The van der Waals surface area contributed by atoms with Crippen molar-refractivity contribution in [3.05, 3.63) is 28.2 Å². The van der Waals surface area contributed by atoms with Crippen LogP contribution in [0.3, 0.4) is 0 Å². The summed E-state index contributed by atoms with van der Waals surface area (Å²) in [6.45, 7) is 0.588. The summed E-state index contributed by atoms with van der Waals surface area (Å²) < 4.78 is 21.8. The van der Waals surface area contributed by atoms with Gasteiger partial charge in [-0.3, -0.25) is 0 Å². The SMILES string of the molecule is CS(=O)(=O)CCCNc1ccc(Cl)c(Cl)c1. The van der Waals surface area contributed by atoms with Gasteiger partial charge in [-0.15, -0.1) is 0 Å². The molecule has 0 spiro atoms. The molecule has 1 N–H and O–H groups in total. The zero-order valence-electron chi connectivity index (χ0n) is 8.83. The molecule has 0 bridgehead atoms. The summed E-state index contributed by atoms with van der Waals surface area (Å²) in [4.78, 5) is 0. The average molecular weight is 282 g/mol. The van der Waals surface area contributed by atoms with Crippen LogP contribution in [0.15, 0.2) is 18.2 Å². The van der Waals surface area contributed by atoms with E-state index >= 15 is 0 Å². The van der Waals surface area contributed by atoms with Crippen molar-refractivity contribution in [3.8, 4) is 0 Å². The maximum absolute atomic E-state index is 10.9. The first-order valence-electron chi connectivity index (χ1n) is 4.75. The monoisotopic (exact) mass is 281 g/mol. The topological polar surface area (TPSA) is 46.2 Å². The van der Waals surface area contributed by atoms with Gasteiger partial charge in [0.05, 0.1) is 15.8 Å². The second kappa shape index (κ2) is 5.75. The van der Waals surface area contributed by atoms with Crippen molar-refractivity contribution in [1.29, 1.82) is 0 Å². The van der Waals surface area contributed by atoms with Crippen molar-refractivity contribution < 1.29 is 8.42 Å². The molecule has 0 aromatic heterocycles. The van der Waals surface area contributed by atoms with E-state index in [2.05, 4.69) is 5.32 Å². The van der Waals surface area contributed by atoms with E-state index in [1.54, 1.807) is 18.2 Å². The van der Waals surface area contributed by atoms with Gasteiger partial charge in [-0.1, -0.05) is 23.2 Å². The van der Waals surface area contributed by atoms with Crippen molar-refractivity contribution in [2.45, 2.75) is 6.42 Å². The molecule has 3 nitrogen and oxygen atoms in total. The van der Waals surface area contributed by atoms with Crippen LogP contribution in [0.25, 0.3) is 0 Å².